The Hall–Kier alpha value is -0.800. The number of piperazine rings is 1. The molecular weight excluding hydrogens is 270 g/mol. The smallest absolute Gasteiger partial charge is 0.133 e. The normalized spacial score (nSPS) is 23.8. The van der Waals surface area contributed by atoms with Crippen molar-refractivity contribution in [2.24, 2.45) is 0 Å². The molecule has 1 aromatic rings. The molecule has 0 amide bonds. The first-order valence-electron chi connectivity index (χ1n) is 7.71. The van der Waals surface area contributed by atoms with Crippen LogP contribution in [-0.2, 0) is 5.88 Å². The second-order valence-electron chi connectivity index (χ2n) is 6.15. The molecule has 3 heterocycles. The van der Waals surface area contributed by atoms with Crippen molar-refractivity contribution in [3.8, 4) is 0 Å². The zero-order chi connectivity index (χ0) is 14.1. The first-order valence-corrected chi connectivity index (χ1v) is 8.24. The zero-order valence-electron chi connectivity index (χ0n) is 12.5. The largest absolute Gasteiger partial charge is 0.353 e. The summed E-state index contributed by atoms with van der Waals surface area (Å²) in [5.74, 6) is 1.68. The van der Waals surface area contributed by atoms with Crippen molar-refractivity contribution in [1.82, 2.24) is 9.88 Å². The molecule has 0 aromatic carbocycles. The van der Waals surface area contributed by atoms with E-state index in [1.807, 2.05) is 0 Å². The average molecular weight is 294 g/mol. The predicted octanol–water partition coefficient (Wildman–Crippen LogP) is 3.11. The second-order valence-corrected chi connectivity index (χ2v) is 6.42. The van der Waals surface area contributed by atoms with Crippen molar-refractivity contribution in [2.75, 3.05) is 31.1 Å². The van der Waals surface area contributed by atoms with Crippen LogP contribution < -0.4 is 4.90 Å². The molecule has 110 valence electrons. The molecule has 2 fully saturated rings. The third-order valence-electron chi connectivity index (χ3n) is 4.72. The number of pyridine rings is 1. The van der Waals surface area contributed by atoms with Crippen LogP contribution in [0.25, 0.3) is 0 Å². The van der Waals surface area contributed by atoms with Crippen LogP contribution in [0, 0.1) is 13.8 Å². The van der Waals surface area contributed by atoms with Gasteiger partial charge in [0.1, 0.15) is 5.82 Å². The van der Waals surface area contributed by atoms with Gasteiger partial charge in [-0.1, -0.05) is 6.42 Å². The van der Waals surface area contributed by atoms with E-state index in [1.165, 1.54) is 43.5 Å². The van der Waals surface area contributed by atoms with Gasteiger partial charge in [-0.3, -0.25) is 4.90 Å². The number of hydrogen-bond acceptors (Lipinski definition) is 3. The zero-order valence-corrected chi connectivity index (χ0v) is 13.3. The number of alkyl halides is 1. The molecule has 20 heavy (non-hydrogen) atoms. The minimum atomic E-state index is 0.555. The van der Waals surface area contributed by atoms with Crippen LogP contribution in [0.1, 0.15) is 36.1 Å². The lowest BCUT2D eigenvalue weighted by atomic mass is 9.99. The summed E-state index contributed by atoms with van der Waals surface area (Å²) in [5.41, 5.74) is 3.58. The van der Waals surface area contributed by atoms with E-state index in [0.29, 0.717) is 11.9 Å². The summed E-state index contributed by atoms with van der Waals surface area (Å²) in [5, 5.41) is 0. The van der Waals surface area contributed by atoms with E-state index in [0.717, 1.165) is 24.6 Å². The fourth-order valence-corrected chi connectivity index (χ4v) is 3.95. The van der Waals surface area contributed by atoms with Gasteiger partial charge < -0.3 is 4.90 Å². The Balaban J connectivity index is 1.86. The lowest BCUT2D eigenvalue weighted by molar-refractivity contribution is 0.133. The van der Waals surface area contributed by atoms with Crippen LogP contribution >= 0.6 is 11.6 Å². The van der Waals surface area contributed by atoms with E-state index in [1.54, 1.807) is 0 Å². The summed E-state index contributed by atoms with van der Waals surface area (Å²) >= 11 is 6.17. The predicted molar refractivity (Wildman–Crippen MR) is 84.7 cm³/mol. The van der Waals surface area contributed by atoms with Crippen molar-refractivity contribution >= 4 is 17.4 Å². The molecule has 4 heteroatoms. The molecule has 0 saturated carbocycles. The van der Waals surface area contributed by atoms with E-state index in [-0.39, 0.29) is 0 Å². The molecule has 1 unspecified atom stereocenters. The number of fused-ring (bicyclic) bond motifs is 1. The Morgan fingerprint density at radius 3 is 2.90 bits per heavy atom. The number of piperidine rings is 1. The third kappa shape index (κ3) is 2.66. The van der Waals surface area contributed by atoms with Gasteiger partial charge >= 0.3 is 0 Å². The van der Waals surface area contributed by atoms with Gasteiger partial charge in [-0.05, 0) is 44.9 Å². The minimum absolute atomic E-state index is 0.555. The molecule has 0 N–H and O–H groups in total. The van der Waals surface area contributed by atoms with Crippen LogP contribution in [0.4, 0.5) is 5.82 Å². The maximum Gasteiger partial charge on any atom is 0.133 e. The van der Waals surface area contributed by atoms with Crippen molar-refractivity contribution in [3.05, 3.63) is 22.9 Å². The number of hydrogen-bond donors (Lipinski definition) is 0. The van der Waals surface area contributed by atoms with E-state index >= 15 is 0 Å². The molecule has 3 rings (SSSR count). The number of aryl methyl sites for hydroxylation is 2. The van der Waals surface area contributed by atoms with Crippen molar-refractivity contribution in [3.63, 3.8) is 0 Å². The highest BCUT2D eigenvalue weighted by molar-refractivity contribution is 6.17. The Bertz CT molecular complexity index is 489. The molecule has 0 radical (unpaired) electrons. The number of rotatable bonds is 2. The Kier molecular flexibility index (Phi) is 4.18. The highest BCUT2D eigenvalue weighted by atomic mass is 35.5. The molecule has 1 atom stereocenters. The van der Waals surface area contributed by atoms with Gasteiger partial charge in [0.15, 0.2) is 0 Å². The summed E-state index contributed by atoms with van der Waals surface area (Å²) in [6.07, 6.45) is 4.07. The van der Waals surface area contributed by atoms with Gasteiger partial charge in [0.2, 0.25) is 0 Å². The van der Waals surface area contributed by atoms with Crippen molar-refractivity contribution < 1.29 is 0 Å². The van der Waals surface area contributed by atoms with Gasteiger partial charge in [0, 0.05) is 36.9 Å². The molecule has 0 aliphatic carbocycles. The maximum absolute atomic E-state index is 6.17. The summed E-state index contributed by atoms with van der Waals surface area (Å²) < 4.78 is 0. The number of aromatic nitrogens is 1. The van der Waals surface area contributed by atoms with Gasteiger partial charge in [-0.2, -0.15) is 0 Å². The molecular formula is C16H24ClN3. The molecule has 0 bridgehead atoms. The van der Waals surface area contributed by atoms with E-state index in [4.69, 9.17) is 16.6 Å². The summed E-state index contributed by atoms with van der Waals surface area (Å²) in [7, 11) is 0. The van der Waals surface area contributed by atoms with E-state index < -0.39 is 0 Å². The Morgan fingerprint density at radius 2 is 2.10 bits per heavy atom. The molecule has 1 aromatic heterocycles. The van der Waals surface area contributed by atoms with Gasteiger partial charge in [-0.15, -0.1) is 11.6 Å². The van der Waals surface area contributed by atoms with Gasteiger partial charge in [-0.25, -0.2) is 4.98 Å². The first-order chi connectivity index (χ1) is 9.69. The highest BCUT2D eigenvalue weighted by Crippen LogP contribution is 2.28. The summed E-state index contributed by atoms with van der Waals surface area (Å²) in [6, 6.07) is 2.85. The molecule has 2 aliphatic rings. The van der Waals surface area contributed by atoms with Crippen LogP contribution in [-0.4, -0.2) is 42.1 Å². The topological polar surface area (TPSA) is 19.4 Å². The quantitative estimate of drug-likeness (QED) is 0.781. The summed E-state index contributed by atoms with van der Waals surface area (Å²) in [4.78, 5) is 9.91. The standard InChI is InChI=1S/C16H24ClN3/c1-12-9-13(2)18-16(15(12)10-17)20-8-7-19-6-4-3-5-14(19)11-20/h9,14H,3-8,10-11H2,1-2H3. The average Bonchev–Trinajstić information content (AvgIpc) is 2.46. The minimum Gasteiger partial charge on any atom is -0.353 e. The van der Waals surface area contributed by atoms with Crippen LogP contribution in [0.3, 0.4) is 0 Å². The molecule has 3 nitrogen and oxygen atoms in total. The fourth-order valence-electron chi connectivity index (χ4n) is 3.62. The Morgan fingerprint density at radius 1 is 1.25 bits per heavy atom. The fraction of sp³-hybridized carbons (Fsp3) is 0.688. The Labute approximate surface area is 126 Å². The molecule has 0 spiro atoms. The van der Waals surface area contributed by atoms with Crippen molar-refractivity contribution in [1.29, 1.82) is 0 Å². The van der Waals surface area contributed by atoms with Crippen LogP contribution in [0.5, 0.6) is 0 Å². The van der Waals surface area contributed by atoms with Crippen molar-refractivity contribution in [2.45, 2.75) is 45.0 Å². The highest BCUT2D eigenvalue weighted by Gasteiger charge is 2.30. The van der Waals surface area contributed by atoms with Crippen LogP contribution in [0.15, 0.2) is 6.07 Å². The van der Waals surface area contributed by atoms with Gasteiger partial charge in [0.25, 0.3) is 0 Å². The third-order valence-corrected chi connectivity index (χ3v) is 4.99. The monoisotopic (exact) mass is 293 g/mol. The SMILES string of the molecule is Cc1cc(C)c(CCl)c(N2CCN3CCCCC3C2)n1. The molecule has 2 saturated heterocycles. The summed E-state index contributed by atoms with van der Waals surface area (Å²) in [6.45, 7) is 8.86. The molecule has 2 aliphatic heterocycles. The maximum atomic E-state index is 6.17. The lowest BCUT2D eigenvalue weighted by Gasteiger charge is -2.45. The first kappa shape index (κ1) is 14.2. The number of halogens is 1. The van der Waals surface area contributed by atoms with E-state index in [2.05, 4.69) is 29.7 Å². The van der Waals surface area contributed by atoms with Gasteiger partial charge in [0.05, 0.1) is 5.88 Å². The number of nitrogens with zero attached hydrogens (tertiary/aromatic N) is 3. The second kappa shape index (κ2) is 5.90. The van der Waals surface area contributed by atoms with E-state index in [9.17, 15) is 0 Å². The lowest BCUT2D eigenvalue weighted by Crippen LogP contribution is -2.55. The van der Waals surface area contributed by atoms with Crippen LogP contribution in [0.2, 0.25) is 0 Å². The number of anilines is 1.